The smallest absolute Gasteiger partial charge is 0.0477 e. The number of piperazine rings is 1. The molecule has 0 saturated carbocycles. The Balaban J connectivity index is 2.38. The van der Waals surface area contributed by atoms with Gasteiger partial charge in [-0.15, -0.1) is 0 Å². The van der Waals surface area contributed by atoms with Gasteiger partial charge in [0.15, 0.2) is 0 Å². The van der Waals surface area contributed by atoms with Crippen LogP contribution in [0.4, 0.5) is 0 Å². The van der Waals surface area contributed by atoms with Crippen LogP contribution in [0, 0.1) is 20.8 Å². The van der Waals surface area contributed by atoms with Crippen molar-refractivity contribution < 1.29 is 0 Å². The van der Waals surface area contributed by atoms with Crippen LogP contribution >= 0.6 is 0 Å². The molecule has 0 amide bonds. The largest absolute Gasteiger partial charge is 0.303 e. The third kappa shape index (κ3) is 2.53. The molecule has 1 heterocycles. The molecule has 2 nitrogen and oxygen atoms in total. The third-order valence-corrected chi connectivity index (χ3v) is 3.92. The van der Waals surface area contributed by atoms with E-state index in [0.29, 0.717) is 6.04 Å². The van der Waals surface area contributed by atoms with E-state index < -0.39 is 0 Å². The Morgan fingerprint density at radius 1 is 1.00 bits per heavy atom. The van der Waals surface area contributed by atoms with Gasteiger partial charge in [-0.25, -0.2) is 0 Å². The molecule has 0 aromatic heterocycles. The second-order valence-electron chi connectivity index (χ2n) is 5.57. The fourth-order valence-corrected chi connectivity index (χ4v) is 3.04. The number of aryl methyl sites for hydroxylation is 3. The topological polar surface area (TPSA) is 6.48 Å². The van der Waals surface area contributed by atoms with Crippen LogP contribution in [0.15, 0.2) is 12.1 Å². The lowest BCUT2D eigenvalue weighted by Gasteiger charge is -2.39. The van der Waals surface area contributed by atoms with E-state index in [-0.39, 0.29) is 0 Å². The van der Waals surface area contributed by atoms with Gasteiger partial charge in [-0.2, -0.15) is 0 Å². The number of rotatable bonds is 1. The van der Waals surface area contributed by atoms with Crippen LogP contribution in [-0.2, 0) is 0 Å². The van der Waals surface area contributed by atoms with Crippen LogP contribution in [0.25, 0.3) is 0 Å². The van der Waals surface area contributed by atoms with Gasteiger partial charge >= 0.3 is 0 Å². The first kappa shape index (κ1) is 12.6. The molecule has 0 N–H and O–H groups in total. The molecule has 1 fully saturated rings. The zero-order chi connectivity index (χ0) is 12.6. The summed E-state index contributed by atoms with van der Waals surface area (Å²) in [5, 5.41) is 0. The van der Waals surface area contributed by atoms with Crippen LogP contribution in [0.2, 0.25) is 0 Å². The van der Waals surface area contributed by atoms with Gasteiger partial charge in [0.1, 0.15) is 0 Å². The van der Waals surface area contributed by atoms with Crippen molar-refractivity contribution >= 4 is 0 Å². The third-order valence-electron chi connectivity index (χ3n) is 3.92. The molecule has 1 aromatic carbocycles. The van der Waals surface area contributed by atoms with Crippen LogP contribution in [-0.4, -0.2) is 43.5 Å². The summed E-state index contributed by atoms with van der Waals surface area (Å²) < 4.78 is 0. The highest BCUT2D eigenvalue weighted by molar-refractivity contribution is 5.40. The molecule has 2 heteroatoms. The monoisotopic (exact) mass is 232 g/mol. The molecule has 17 heavy (non-hydrogen) atoms. The SMILES string of the molecule is Cc1cc(C)c(C2CN(C)CCN2C)c(C)c1. The molecule has 0 bridgehead atoms. The fraction of sp³-hybridized carbons (Fsp3) is 0.600. The van der Waals surface area contributed by atoms with E-state index in [2.05, 4.69) is 56.8 Å². The Labute approximate surface area is 105 Å². The van der Waals surface area contributed by atoms with Crippen LogP contribution in [0.5, 0.6) is 0 Å². The zero-order valence-corrected chi connectivity index (χ0v) is 11.7. The Hall–Kier alpha value is -0.860. The summed E-state index contributed by atoms with van der Waals surface area (Å²) in [5.41, 5.74) is 5.78. The summed E-state index contributed by atoms with van der Waals surface area (Å²) in [4.78, 5) is 4.92. The highest BCUT2D eigenvalue weighted by Gasteiger charge is 2.26. The zero-order valence-electron chi connectivity index (χ0n) is 11.7. The van der Waals surface area contributed by atoms with Crippen LogP contribution in [0.1, 0.15) is 28.3 Å². The molecule has 1 aliphatic heterocycles. The maximum absolute atomic E-state index is 2.49. The highest BCUT2D eigenvalue weighted by atomic mass is 15.3. The van der Waals surface area contributed by atoms with Gasteiger partial charge in [-0.05, 0) is 51.6 Å². The average Bonchev–Trinajstić information content (AvgIpc) is 2.21. The van der Waals surface area contributed by atoms with Crippen molar-refractivity contribution in [1.29, 1.82) is 0 Å². The maximum atomic E-state index is 2.49. The lowest BCUT2D eigenvalue weighted by molar-refractivity contribution is 0.114. The highest BCUT2D eigenvalue weighted by Crippen LogP contribution is 2.29. The summed E-state index contributed by atoms with van der Waals surface area (Å²) in [6.45, 7) is 10.2. The molecule has 94 valence electrons. The van der Waals surface area contributed by atoms with E-state index in [4.69, 9.17) is 0 Å². The summed E-state index contributed by atoms with van der Waals surface area (Å²) >= 11 is 0. The lowest BCUT2D eigenvalue weighted by atomic mass is 9.92. The van der Waals surface area contributed by atoms with Gasteiger partial charge in [0.05, 0.1) is 0 Å². The summed E-state index contributed by atoms with van der Waals surface area (Å²) in [5.74, 6) is 0. The quantitative estimate of drug-likeness (QED) is 0.734. The number of hydrogen-bond donors (Lipinski definition) is 0. The number of benzene rings is 1. The molecule has 0 spiro atoms. The van der Waals surface area contributed by atoms with Crippen molar-refractivity contribution in [1.82, 2.24) is 9.80 Å². The number of nitrogens with zero attached hydrogens (tertiary/aromatic N) is 2. The first-order chi connectivity index (χ1) is 7.99. The predicted molar refractivity (Wildman–Crippen MR) is 73.5 cm³/mol. The minimum atomic E-state index is 0.550. The van der Waals surface area contributed by atoms with E-state index in [1.54, 1.807) is 0 Å². The first-order valence-electron chi connectivity index (χ1n) is 6.45. The summed E-state index contributed by atoms with van der Waals surface area (Å²) in [7, 11) is 4.47. The van der Waals surface area contributed by atoms with Crippen LogP contribution in [0.3, 0.4) is 0 Å². The number of hydrogen-bond acceptors (Lipinski definition) is 2. The van der Waals surface area contributed by atoms with Crippen molar-refractivity contribution in [2.75, 3.05) is 33.7 Å². The minimum Gasteiger partial charge on any atom is -0.303 e. The van der Waals surface area contributed by atoms with E-state index in [9.17, 15) is 0 Å². The second kappa shape index (κ2) is 4.79. The predicted octanol–water partition coefficient (Wildman–Crippen LogP) is 2.53. The van der Waals surface area contributed by atoms with Crippen molar-refractivity contribution in [3.05, 3.63) is 34.4 Å². The van der Waals surface area contributed by atoms with Gasteiger partial charge < -0.3 is 4.90 Å². The van der Waals surface area contributed by atoms with Gasteiger partial charge in [0.25, 0.3) is 0 Å². The van der Waals surface area contributed by atoms with E-state index >= 15 is 0 Å². The summed E-state index contributed by atoms with van der Waals surface area (Å²) in [6.07, 6.45) is 0. The lowest BCUT2D eigenvalue weighted by Crippen LogP contribution is -2.45. The molecule has 1 unspecified atom stereocenters. The van der Waals surface area contributed by atoms with Gasteiger partial charge in [0, 0.05) is 25.7 Å². The molecule has 0 aliphatic carbocycles. The molecule has 2 rings (SSSR count). The van der Waals surface area contributed by atoms with E-state index in [0.717, 1.165) is 13.1 Å². The van der Waals surface area contributed by atoms with Gasteiger partial charge in [-0.3, -0.25) is 4.90 Å². The summed E-state index contributed by atoms with van der Waals surface area (Å²) in [6, 6.07) is 5.17. The number of likely N-dealkylation sites (N-methyl/N-ethyl adjacent to an activating group) is 2. The fourth-order valence-electron chi connectivity index (χ4n) is 3.04. The molecule has 1 atom stereocenters. The second-order valence-corrected chi connectivity index (χ2v) is 5.57. The van der Waals surface area contributed by atoms with E-state index in [1.807, 2.05) is 0 Å². The first-order valence-corrected chi connectivity index (χ1v) is 6.45. The van der Waals surface area contributed by atoms with Crippen molar-refractivity contribution in [2.45, 2.75) is 26.8 Å². The molecule has 1 aliphatic rings. The molecule has 0 radical (unpaired) electrons. The Morgan fingerprint density at radius 2 is 1.59 bits per heavy atom. The average molecular weight is 232 g/mol. The molecular weight excluding hydrogens is 208 g/mol. The van der Waals surface area contributed by atoms with Crippen molar-refractivity contribution in [3.63, 3.8) is 0 Å². The minimum absolute atomic E-state index is 0.550. The normalized spacial score (nSPS) is 23.0. The van der Waals surface area contributed by atoms with Crippen molar-refractivity contribution in [3.8, 4) is 0 Å². The van der Waals surface area contributed by atoms with Crippen LogP contribution < -0.4 is 0 Å². The van der Waals surface area contributed by atoms with Crippen molar-refractivity contribution in [2.24, 2.45) is 0 Å². The molecular formula is C15H24N2. The molecule has 1 aromatic rings. The Bertz CT molecular complexity index is 388. The molecule has 1 saturated heterocycles. The van der Waals surface area contributed by atoms with E-state index in [1.165, 1.54) is 28.8 Å². The maximum Gasteiger partial charge on any atom is 0.0477 e. The Kier molecular flexibility index (Phi) is 3.55. The van der Waals surface area contributed by atoms with Gasteiger partial charge in [-0.1, -0.05) is 17.7 Å². The van der Waals surface area contributed by atoms with Gasteiger partial charge in [0.2, 0.25) is 0 Å². The Morgan fingerprint density at radius 3 is 2.18 bits per heavy atom. The standard InChI is InChI=1S/C15H24N2/c1-11-8-12(2)15(13(3)9-11)14-10-16(4)6-7-17(14)5/h8-9,14H,6-7,10H2,1-5H3.